The highest BCUT2D eigenvalue weighted by molar-refractivity contribution is 7.90. The van der Waals surface area contributed by atoms with Gasteiger partial charge >= 0.3 is 0 Å². The van der Waals surface area contributed by atoms with Crippen LogP contribution in [-0.2, 0) is 21.1 Å². The maximum atomic E-state index is 14.5. The predicted octanol–water partition coefficient (Wildman–Crippen LogP) is 2.09. The Morgan fingerprint density at radius 1 is 1.09 bits per heavy atom. The first-order chi connectivity index (χ1) is 15.7. The van der Waals surface area contributed by atoms with Crippen LogP contribution in [0.4, 0.5) is 14.6 Å². The van der Waals surface area contributed by atoms with E-state index in [9.17, 15) is 22.0 Å². The fourth-order valence-corrected chi connectivity index (χ4v) is 5.27. The molecule has 1 atom stereocenters. The van der Waals surface area contributed by atoms with Crippen LogP contribution in [0.5, 0.6) is 0 Å². The lowest BCUT2D eigenvalue weighted by molar-refractivity contribution is -0.133. The third-order valence-electron chi connectivity index (χ3n) is 6.30. The van der Waals surface area contributed by atoms with Gasteiger partial charge in [-0.2, -0.15) is 5.26 Å². The van der Waals surface area contributed by atoms with E-state index < -0.39 is 32.3 Å². The van der Waals surface area contributed by atoms with Crippen LogP contribution in [0.3, 0.4) is 0 Å². The zero-order valence-electron chi connectivity index (χ0n) is 18.0. The van der Waals surface area contributed by atoms with Crippen LogP contribution in [0.2, 0.25) is 0 Å². The molecule has 11 heteroatoms. The number of carbonyl (C=O) groups excluding carboxylic acids is 1. The van der Waals surface area contributed by atoms with Crippen molar-refractivity contribution in [2.24, 2.45) is 5.92 Å². The van der Waals surface area contributed by atoms with E-state index in [1.54, 1.807) is 6.20 Å². The number of halogens is 2. The molecular weight excluding hydrogens is 452 g/mol. The van der Waals surface area contributed by atoms with Gasteiger partial charge < -0.3 is 9.80 Å². The number of aromatic nitrogens is 2. The highest BCUT2D eigenvalue weighted by Gasteiger charge is 2.37. The first kappa shape index (κ1) is 23.0. The number of nitrogens with zero attached hydrogens (tertiary/aromatic N) is 5. The minimum Gasteiger partial charge on any atom is -0.355 e. The smallest absolute Gasteiger partial charge is 0.226 e. The lowest BCUT2D eigenvalue weighted by atomic mass is 9.97. The second-order valence-corrected chi connectivity index (χ2v) is 10.4. The normalized spacial score (nSPS) is 19.7. The van der Waals surface area contributed by atoms with Gasteiger partial charge in [-0.3, -0.25) is 4.79 Å². The number of amides is 1. The van der Waals surface area contributed by atoms with E-state index in [0.29, 0.717) is 37.9 Å². The van der Waals surface area contributed by atoms with Crippen molar-refractivity contribution in [1.29, 1.82) is 5.26 Å². The second kappa shape index (κ2) is 9.02. The summed E-state index contributed by atoms with van der Waals surface area (Å²) >= 11 is 0. The summed E-state index contributed by atoms with van der Waals surface area (Å²) in [5.74, 6) is -1.69. The molecule has 2 aliphatic heterocycles. The Bertz CT molecular complexity index is 1210. The van der Waals surface area contributed by atoms with Crippen LogP contribution in [0.25, 0.3) is 0 Å². The van der Waals surface area contributed by atoms with Gasteiger partial charge in [0.25, 0.3) is 0 Å². The van der Waals surface area contributed by atoms with Crippen molar-refractivity contribution in [3.63, 3.8) is 0 Å². The van der Waals surface area contributed by atoms with Crippen LogP contribution in [0.1, 0.15) is 30.5 Å². The molecule has 1 amide bonds. The molecule has 8 nitrogen and oxygen atoms in total. The van der Waals surface area contributed by atoms with E-state index >= 15 is 0 Å². The van der Waals surface area contributed by atoms with Crippen LogP contribution in [0, 0.1) is 28.9 Å². The number of carbonyl (C=O) groups is 1. The number of nitriles is 1. The van der Waals surface area contributed by atoms with Gasteiger partial charge in [-0.25, -0.2) is 27.2 Å². The van der Waals surface area contributed by atoms with Crippen molar-refractivity contribution in [2.45, 2.75) is 36.6 Å². The summed E-state index contributed by atoms with van der Waals surface area (Å²) in [6, 6.07) is 3.57. The summed E-state index contributed by atoms with van der Waals surface area (Å²) in [7, 11) is -3.88. The summed E-state index contributed by atoms with van der Waals surface area (Å²) in [5.41, 5.74) is 0.263. The van der Waals surface area contributed by atoms with Crippen molar-refractivity contribution in [2.75, 3.05) is 30.8 Å². The number of rotatable bonds is 5. The average molecular weight is 476 g/mol. The SMILES string of the molecule is CS(=O)(=O)c1cc(F)c(C[C@H]2CCN(C3CCN(c4cnc(C#N)cn4)CC3)C2=O)cc1F. The fraction of sp³-hybridized carbons (Fsp3) is 0.455. The zero-order chi connectivity index (χ0) is 23.8. The summed E-state index contributed by atoms with van der Waals surface area (Å²) in [5, 5.41) is 8.84. The number of piperidine rings is 1. The number of benzene rings is 1. The van der Waals surface area contributed by atoms with E-state index in [1.807, 2.05) is 11.0 Å². The molecule has 4 rings (SSSR count). The molecule has 33 heavy (non-hydrogen) atoms. The number of hydrogen-bond acceptors (Lipinski definition) is 7. The summed E-state index contributed by atoms with van der Waals surface area (Å²) < 4.78 is 51.8. The molecule has 0 radical (unpaired) electrons. The molecule has 2 fully saturated rings. The lowest BCUT2D eigenvalue weighted by Gasteiger charge is -2.37. The molecule has 2 aliphatic rings. The molecule has 2 saturated heterocycles. The number of hydrogen-bond donors (Lipinski definition) is 0. The molecule has 3 heterocycles. The zero-order valence-corrected chi connectivity index (χ0v) is 18.9. The van der Waals surface area contributed by atoms with Crippen LogP contribution in [0.15, 0.2) is 29.4 Å². The largest absolute Gasteiger partial charge is 0.355 e. The van der Waals surface area contributed by atoms with Gasteiger partial charge in [0.1, 0.15) is 28.4 Å². The van der Waals surface area contributed by atoms with Crippen LogP contribution >= 0.6 is 0 Å². The molecule has 1 aromatic heterocycles. The minimum absolute atomic E-state index is 0.00862. The lowest BCUT2D eigenvalue weighted by Crippen LogP contribution is -2.46. The van der Waals surface area contributed by atoms with E-state index in [2.05, 4.69) is 14.9 Å². The monoisotopic (exact) mass is 475 g/mol. The van der Waals surface area contributed by atoms with Gasteiger partial charge in [0, 0.05) is 37.8 Å². The van der Waals surface area contributed by atoms with Gasteiger partial charge in [0.2, 0.25) is 5.91 Å². The van der Waals surface area contributed by atoms with Crippen molar-refractivity contribution in [3.8, 4) is 6.07 Å². The Morgan fingerprint density at radius 2 is 1.82 bits per heavy atom. The molecule has 0 saturated carbocycles. The number of sulfone groups is 1. The van der Waals surface area contributed by atoms with Crippen LogP contribution in [-0.4, -0.2) is 61.1 Å². The van der Waals surface area contributed by atoms with Gasteiger partial charge in [-0.1, -0.05) is 0 Å². The van der Waals surface area contributed by atoms with Gasteiger partial charge in [-0.15, -0.1) is 0 Å². The summed E-state index contributed by atoms with van der Waals surface area (Å²) in [6.07, 6.45) is 5.87. The highest BCUT2D eigenvalue weighted by Crippen LogP contribution is 2.30. The predicted molar refractivity (Wildman–Crippen MR) is 115 cm³/mol. The highest BCUT2D eigenvalue weighted by atomic mass is 32.2. The number of likely N-dealkylation sites (tertiary alicyclic amines) is 1. The van der Waals surface area contributed by atoms with Crippen LogP contribution < -0.4 is 4.90 Å². The van der Waals surface area contributed by atoms with Gasteiger partial charge in [0.05, 0.1) is 12.4 Å². The first-order valence-corrected chi connectivity index (χ1v) is 12.5. The maximum Gasteiger partial charge on any atom is 0.226 e. The Kier molecular flexibility index (Phi) is 6.30. The molecular formula is C22H23F2N5O3S. The Hall–Kier alpha value is -3.13. The van der Waals surface area contributed by atoms with E-state index in [-0.39, 0.29) is 29.6 Å². The topological polar surface area (TPSA) is 107 Å². The van der Waals surface area contributed by atoms with E-state index in [4.69, 9.17) is 5.26 Å². The van der Waals surface area contributed by atoms with Gasteiger partial charge in [-0.05, 0) is 43.4 Å². The quantitative estimate of drug-likeness (QED) is 0.652. The fourth-order valence-electron chi connectivity index (χ4n) is 4.54. The summed E-state index contributed by atoms with van der Waals surface area (Å²) in [4.78, 5) is 24.5. The molecule has 174 valence electrons. The van der Waals surface area contributed by atoms with Crippen molar-refractivity contribution in [1.82, 2.24) is 14.9 Å². The van der Waals surface area contributed by atoms with Gasteiger partial charge in [0.15, 0.2) is 15.5 Å². The maximum absolute atomic E-state index is 14.5. The molecule has 0 spiro atoms. The summed E-state index contributed by atoms with van der Waals surface area (Å²) in [6.45, 7) is 1.93. The van der Waals surface area contributed by atoms with E-state index in [0.717, 1.165) is 25.2 Å². The second-order valence-electron chi connectivity index (χ2n) is 8.46. The molecule has 1 aromatic carbocycles. The molecule has 2 aromatic rings. The number of anilines is 1. The van der Waals surface area contributed by atoms with Crippen molar-refractivity contribution in [3.05, 3.63) is 47.4 Å². The Morgan fingerprint density at radius 3 is 2.42 bits per heavy atom. The minimum atomic E-state index is -3.88. The third kappa shape index (κ3) is 4.80. The third-order valence-corrected chi connectivity index (χ3v) is 7.41. The Labute approximate surface area is 190 Å². The average Bonchev–Trinajstić information content (AvgIpc) is 3.15. The Balaban J connectivity index is 1.38. The molecule has 0 aliphatic carbocycles. The standard InChI is InChI=1S/C22H23F2N5O3S/c1-33(31,32)20-10-18(23)15(9-19(20)24)8-14-2-7-29(22(14)30)17-3-5-28(6-4-17)21-13-26-16(11-25)12-27-21/h9-10,12-14,17H,2-8H2,1H3/t14-/m1/s1. The molecule has 0 bridgehead atoms. The molecule has 0 N–H and O–H groups in total. The van der Waals surface area contributed by atoms with Crippen molar-refractivity contribution >= 4 is 21.6 Å². The first-order valence-electron chi connectivity index (χ1n) is 10.6. The van der Waals surface area contributed by atoms with E-state index in [1.165, 1.54) is 6.20 Å². The van der Waals surface area contributed by atoms with Crippen molar-refractivity contribution < 1.29 is 22.0 Å². The molecule has 0 unspecified atom stereocenters.